The first-order valence-electron chi connectivity index (χ1n) is 20.5. The Bertz CT molecular complexity index is 3290. The first-order valence-corrected chi connectivity index (χ1v) is 20.5. The summed E-state index contributed by atoms with van der Waals surface area (Å²) in [6, 6.07) is 84.8. The van der Waals surface area contributed by atoms with E-state index in [1.54, 1.807) is 0 Å². The SMILES string of the molecule is c1ccc(-c2ccc(-c3ccccc3N(c3ccc(-c4cccc(-c5ccccc5)c4)cc3)c3ccccc3-c3cccc4oc5c6ccccc6ccc5c34)cc2)cc1. The Morgan fingerprint density at radius 2 is 0.800 bits per heavy atom. The van der Waals surface area contributed by atoms with Gasteiger partial charge in [-0.1, -0.05) is 194 Å². The molecule has 0 saturated carbocycles. The molecule has 2 heteroatoms. The van der Waals surface area contributed by atoms with Gasteiger partial charge in [0.25, 0.3) is 0 Å². The van der Waals surface area contributed by atoms with E-state index in [2.05, 4.69) is 241 Å². The van der Waals surface area contributed by atoms with E-state index in [1.165, 1.54) is 33.2 Å². The lowest BCUT2D eigenvalue weighted by Crippen LogP contribution is -2.12. The number of anilines is 3. The van der Waals surface area contributed by atoms with Crippen molar-refractivity contribution in [2.75, 3.05) is 4.90 Å². The second-order valence-corrected chi connectivity index (χ2v) is 15.3. The molecule has 11 rings (SSSR count). The van der Waals surface area contributed by atoms with Gasteiger partial charge in [0.05, 0.1) is 11.4 Å². The standard InChI is InChI=1S/C58H39NO/c1-3-15-40(16-4-1)42-29-31-45(32-30-42)49-22-9-11-26-54(49)59(48-36-33-43(34-37-48)47-21-13-20-46(39-47)41-17-5-2-6-18-41)55-27-12-10-24-51(55)52-25-14-28-56-57(52)53-38-35-44-19-7-8-23-50(44)58(53)60-56/h1-39H. The van der Waals surface area contributed by atoms with Crippen molar-refractivity contribution < 1.29 is 4.42 Å². The number of furan rings is 1. The molecule has 0 fully saturated rings. The molecule has 11 aromatic rings. The highest BCUT2D eigenvalue weighted by Gasteiger charge is 2.23. The summed E-state index contributed by atoms with van der Waals surface area (Å²) in [5.41, 5.74) is 16.7. The molecule has 0 bridgehead atoms. The smallest absolute Gasteiger partial charge is 0.143 e. The molecule has 1 heterocycles. The average Bonchev–Trinajstić information content (AvgIpc) is 3.73. The summed E-state index contributed by atoms with van der Waals surface area (Å²) in [7, 11) is 0. The maximum absolute atomic E-state index is 6.69. The van der Waals surface area contributed by atoms with E-state index < -0.39 is 0 Å². The van der Waals surface area contributed by atoms with Gasteiger partial charge in [0.2, 0.25) is 0 Å². The minimum Gasteiger partial charge on any atom is -0.455 e. The summed E-state index contributed by atoms with van der Waals surface area (Å²) in [6.45, 7) is 0. The van der Waals surface area contributed by atoms with Crippen LogP contribution in [-0.4, -0.2) is 0 Å². The van der Waals surface area contributed by atoms with Gasteiger partial charge in [0.15, 0.2) is 0 Å². The molecule has 60 heavy (non-hydrogen) atoms. The third-order valence-corrected chi connectivity index (χ3v) is 11.7. The molecule has 0 saturated heterocycles. The quantitative estimate of drug-likeness (QED) is 0.153. The first kappa shape index (κ1) is 35.2. The molecule has 0 spiro atoms. The molecular weight excluding hydrogens is 727 g/mol. The number of hydrogen-bond acceptors (Lipinski definition) is 2. The second-order valence-electron chi connectivity index (χ2n) is 15.3. The molecule has 0 aliphatic carbocycles. The molecule has 0 aliphatic rings. The van der Waals surface area contributed by atoms with Crippen molar-refractivity contribution in [1.82, 2.24) is 0 Å². The van der Waals surface area contributed by atoms with Crippen LogP contribution in [0.5, 0.6) is 0 Å². The molecule has 0 atom stereocenters. The van der Waals surface area contributed by atoms with Crippen molar-refractivity contribution in [1.29, 1.82) is 0 Å². The van der Waals surface area contributed by atoms with Crippen LogP contribution in [-0.2, 0) is 0 Å². The van der Waals surface area contributed by atoms with E-state index in [-0.39, 0.29) is 0 Å². The minimum absolute atomic E-state index is 0.876. The summed E-state index contributed by atoms with van der Waals surface area (Å²) in [6.07, 6.45) is 0. The Balaban J connectivity index is 1.09. The van der Waals surface area contributed by atoms with Crippen LogP contribution in [0.3, 0.4) is 0 Å². The number of fused-ring (bicyclic) bond motifs is 5. The average molecular weight is 766 g/mol. The van der Waals surface area contributed by atoms with Crippen molar-refractivity contribution in [3.05, 3.63) is 237 Å². The van der Waals surface area contributed by atoms with Gasteiger partial charge in [-0.25, -0.2) is 0 Å². The fourth-order valence-electron chi connectivity index (χ4n) is 8.78. The Labute approximate surface area is 349 Å². The monoisotopic (exact) mass is 765 g/mol. The van der Waals surface area contributed by atoms with Crippen LogP contribution >= 0.6 is 0 Å². The molecule has 0 amide bonds. The summed E-state index contributed by atoms with van der Waals surface area (Å²) >= 11 is 0. The number of para-hydroxylation sites is 2. The highest BCUT2D eigenvalue weighted by atomic mass is 16.3. The summed E-state index contributed by atoms with van der Waals surface area (Å²) in [5.74, 6) is 0. The predicted octanol–water partition coefficient (Wildman–Crippen LogP) is 16.5. The van der Waals surface area contributed by atoms with E-state index in [1.807, 2.05) is 0 Å². The molecule has 2 nitrogen and oxygen atoms in total. The third-order valence-electron chi connectivity index (χ3n) is 11.7. The largest absolute Gasteiger partial charge is 0.455 e. The van der Waals surface area contributed by atoms with Gasteiger partial charge in [0.1, 0.15) is 11.2 Å². The topological polar surface area (TPSA) is 16.4 Å². The zero-order valence-corrected chi connectivity index (χ0v) is 32.9. The fourth-order valence-corrected chi connectivity index (χ4v) is 8.78. The van der Waals surface area contributed by atoms with Crippen LogP contribution < -0.4 is 4.90 Å². The van der Waals surface area contributed by atoms with E-state index in [0.717, 1.165) is 72.2 Å². The molecule has 0 radical (unpaired) electrons. The lowest BCUT2D eigenvalue weighted by Gasteiger charge is -2.30. The van der Waals surface area contributed by atoms with Crippen molar-refractivity contribution in [2.24, 2.45) is 0 Å². The maximum Gasteiger partial charge on any atom is 0.143 e. The van der Waals surface area contributed by atoms with Gasteiger partial charge in [-0.15, -0.1) is 0 Å². The molecule has 282 valence electrons. The van der Waals surface area contributed by atoms with Gasteiger partial charge in [-0.2, -0.15) is 0 Å². The van der Waals surface area contributed by atoms with Gasteiger partial charge in [-0.05, 0) is 92.4 Å². The fraction of sp³-hybridized carbons (Fsp3) is 0. The molecule has 0 N–H and O–H groups in total. The molecule has 1 aromatic heterocycles. The highest BCUT2D eigenvalue weighted by Crippen LogP contribution is 2.48. The lowest BCUT2D eigenvalue weighted by atomic mass is 9.94. The number of benzene rings is 10. The van der Waals surface area contributed by atoms with Crippen LogP contribution in [0, 0.1) is 0 Å². The zero-order chi connectivity index (χ0) is 39.8. The second kappa shape index (κ2) is 15.1. The van der Waals surface area contributed by atoms with Crippen LogP contribution in [0.1, 0.15) is 0 Å². The van der Waals surface area contributed by atoms with E-state index in [4.69, 9.17) is 4.42 Å². The molecule has 0 unspecified atom stereocenters. The third kappa shape index (κ3) is 6.32. The van der Waals surface area contributed by atoms with Gasteiger partial charge >= 0.3 is 0 Å². The van der Waals surface area contributed by atoms with Crippen LogP contribution in [0.25, 0.3) is 88.3 Å². The summed E-state index contributed by atoms with van der Waals surface area (Å²) in [4.78, 5) is 2.43. The number of hydrogen-bond donors (Lipinski definition) is 0. The van der Waals surface area contributed by atoms with Crippen molar-refractivity contribution >= 4 is 49.8 Å². The van der Waals surface area contributed by atoms with Gasteiger partial charge in [-0.3, -0.25) is 0 Å². The van der Waals surface area contributed by atoms with Crippen LogP contribution in [0.2, 0.25) is 0 Å². The van der Waals surface area contributed by atoms with Crippen molar-refractivity contribution in [2.45, 2.75) is 0 Å². The Kier molecular flexibility index (Phi) is 8.87. The number of nitrogens with zero attached hydrogens (tertiary/aromatic N) is 1. The molecular formula is C58H39NO. The van der Waals surface area contributed by atoms with Crippen LogP contribution in [0.4, 0.5) is 17.1 Å². The van der Waals surface area contributed by atoms with Crippen LogP contribution in [0.15, 0.2) is 241 Å². The van der Waals surface area contributed by atoms with Gasteiger partial charge < -0.3 is 9.32 Å². The van der Waals surface area contributed by atoms with Gasteiger partial charge in [0, 0.05) is 33.0 Å². The first-order chi connectivity index (χ1) is 29.8. The normalized spacial score (nSPS) is 11.3. The van der Waals surface area contributed by atoms with Crippen molar-refractivity contribution in [3.63, 3.8) is 0 Å². The minimum atomic E-state index is 0.876. The Hall–Kier alpha value is -7.94. The van der Waals surface area contributed by atoms with E-state index in [0.29, 0.717) is 0 Å². The zero-order valence-electron chi connectivity index (χ0n) is 32.9. The summed E-state index contributed by atoms with van der Waals surface area (Å²) < 4.78 is 6.69. The van der Waals surface area contributed by atoms with E-state index in [9.17, 15) is 0 Å². The number of rotatable bonds is 8. The van der Waals surface area contributed by atoms with Crippen molar-refractivity contribution in [3.8, 4) is 55.6 Å². The molecule has 0 aliphatic heterocycles. The predicted molar refractivity (Wildman–Crippen MR) is 253 cm³/mol. The Morgan fingerprint density at radius 1 is 0.300 bits per heavy atom. The molecule has 10 aromatic carbocycles. The maximum atomic E-state index is 6.69. The van der Waals surface area contributed by atoms with E-state index >= 15 is 0 Å². The Morgan fingerprint density at radius 3 is 1.53 bits per heavy atom. The summed E-state index contributed by atoms with van der Waals surface area (Å²) in [5, 5.41) is 4.51. The highest BCUT2D eigenvalue weighted by molar-refractivity contribution is 6.19. The lowest BCUT2D eigenvalue weighted by molar-refractivity contribution is 0.673.